The maximum atomic E-state index is 14.4. The molecular formula is C24H26F4N4O3S. The molecule has 0 radical (unpaired) electrons. The Morgan fingerprint density at radius 1 is 1.06 bits per heavy atom. The number of amides is 1. The molecule has 36 heavy (non-hydrogen) atoms. The maximum Gasteiger partial charge on any atom is 0.407 e. The third kappa shape index (κ3) is 7.02. The Labute approximate surface area is 206 Å². The first-order chi connectivity index (χ1) is 16.5. The molecule has 0 spiro atoms. The van der Waals surface area contributed by atoms with Crippen molar-refractivity contribution in [2.24, 2.45) is 5.14 Å². The zero-order valence-corrected chi connectivity index (χ0v) is 20.4. The molecule has 1 amide bonds. The maximum absolute atomic E-state index is 14.4. The van der Waals surface area contributed by atoms with Crippen molar-refractivity contribution in [3.05, 3.63) is 54.1 Å². The lowest BCUT2D eigenvalue weighted by Gasteiger charge is -2.30. The van der Waals surface area contributed by atoms with Crippen LogP contribution in [0.3, 0.4) is 0 Å². The number of alkyl halides is 4. The van der Waals surface area contributed by atoms with E-state index in [-0.39, 0.29) is 10.5 Å². The summed E-state index contributed by atoms with van der Waals surface area (Å²) in [5, 5.41) is 19.0. The van der Waals surface area contributed by atoms with E-state index in [1.54, 1.807) is 0 Å². The van der Waals surface area contributed by atoms with E-state index in [1.807, 2.05) is 6.07 Å². The van der Waals surface area contributed by atoms with Crippen LogP contribution < -0.4 is 15.8 Å². The number of sulfonamides is 1. The third-order valence-electron chi connectivity index (χ3n) is 5.79. The summed E-state index contributed by atoms with van der Waals surface area (Å²) in [7, 11) is -3.89. The third-order valence-corrected chi connectivity index (χ3v) is 6.72. The van der Waals surface area contributed by atoms with Gasteiger partial charge >= 0.3 is 6.18 Å². The summed E-state index contributed by atoms with van der Waals surface area (Å²) in [5.74, 6) is -0.874. The number of nitriles is 1. The predicted octanol–water partition coefficient (Wildman–Crippen LogP) is 3.87. The van der Waals surface area contributed by atoms with Gasteiger partial charge in [-0.05, 0) is 55.5 Å². The van der Waals surface area contributed by atoms with Crippen LogP contribution in [0.2, 0.25) is 0 Å². The van der Waals surface area contributed by atoms with E-state index in [0.29, 0.717) is 24.0 Å². The Bertz CT molecular complexity index is 1240. The van der Waals surface area contributed by atoms with Crippen molar-refractivity contribution in [2.45, 2.75) is 67.5 Å². The van der Waals surface area contributed by atoms with Crippen molar-refractivity contribution in [1.29, 1.82) is 5.26 Å². The van der Waals surface area contributed by atoms with Crippen LogP contribution >= 0.6 is 0 Å². The summed E-state index contributed by atoms with van der Waals surface area (Å²) in [6.45, 7) is 2.31. The van der Waals surface area contributed by atoms with E-state index in [1.165, 1.54) is 48.5 Å². The summed E-state index contributed by atoms with van der Waals surface area (Å²) in [6, 6.07) is 8.91. The zero-order valence-electron chi connectivity index (χ0n) is 19.6. The molecule has 4 N–H and O–H groups in total. The summed E-state index contributed by atoms with van der Waals surface area (Å²) >= 11 is 0. The van der Waals surface area contributed by atoms with Crippen LogP contribution in [-0.4, -0.2) is 37.8 Å². The number of hydrogen-bond acceptors (Lipinski definition) is 5. The summed E-state index contributed by atoms with van der Waals surface area (Å²) in [4.78, 5) is 12.7. The van der Waals surface area contributed by atoms with Gasteiger partial charge in [0.15, 0.2) is 0 Å². The first kappa shape index (κ1) is 27.6. The van der Waals surface area contributed by atoms with Gasteiger partial charge in [-0.15, -0.1) is 0 Å². The number of rotatable bonds is 9. The lowest BCUT2D eigenvalue weighted by Crippen LogP contribution is -2.53. The normalized spacial score (nSPS) is 17.1. The molecule has 2 aromatic carbocycles. The van der Waals surface area contributed by atoms with E-state index in [2.05, 4.69) is 10.6 Å². The minimum absolute atomic E-state index is 0.103. The fourth-order valence-corrected chi connectivity index (χ4v) is 4.23. The van der Waals surface area contributed by atoms with Crippen molar-refractivity contribution < 1.29 is 30.8 Å². The molecule has 194 valence electrons. The van der Waals surface area contributed by atoms with Gasteiger partial charge in [-0.2, -0.15) is 18.4 Å². The van der Waals surface area contributed by atoms with Gasteiger partial charge in [0.1, 0.15) is 17.2 Å². The molecular weight excluding hydrogens is 500 g/mol. The van der Waals surface area contributed by atoms with Crippen LogP contribution in [0.4, 0.5) is 17.6 Å². The fourth-order valence-electron chi connectivity index (χ4n) is 3.71. The highest BCUT2D eigenvalue weighted by Gasteiger charge is 2.48. The molecule has 3 rings (SSSR count). The lowest BCUT2D eigenvalue weighted by molar-refractivity contribution is -0.161. The minimum Gasteiger partial charge on any atom is -0.336 e. The van der Waals surface area contributed by atoms with Gasteiger partial charge in [0.05, 0.1) is 17.0 Å². The molecule has 0 bridgehead atoms. The van der Waals surface area contributed by atoms with Gasteiger partial charge in [0, 0.05) is 6.42 Å². The molecule has 0 saturated heterocycles. The summed E-state index contributed by atoms with van der Waals surface area (Å²) in [5.41, 5.74) is -2.21. The van der Waals surface area contributed by atoms with Crippen molar-refractivity contribution in [2.75, 3.05) is 0 Å². The summed E-state index contributed by atoms with van der Waals surface area (Å²) in [6.07, 6.45) is -4.60. The van der Waals surface area contributed by atoms with Crippen molar-refractivity contribution in [1.82, 2.24) is 10.6 Å². The molecule has 7 nitrogen and oxygen atoms in total. The number of primary sulfonamides is 1. The van der Waals surface area contributed by atoms with Crippen molar-refractivity contribution in [3.63, 3.8) is 0 Å². The number of nitrogens with two attached hydrogens (primary N) is 1. The van der Waals surface area contributed by atoms with E-state index in [4.69, 9.17) is 5.14 Å². The molecule has 1 fully saturated rings. The molecule has 12 heteroatoms. The standard InChI is InChI=1S/C24H26F4N4O3S/c1-22(2,25)13-19(21(33)32-23(14-29)11-12-23)31-20(24(26,27)28)17-5-3-15(4-6-17)16-7-9-18(10-8-16)36(30,34)35/h3-10,19-20,31H,11-13H2,1-2H3,(H,32,33)(H2,30,34,35)/t19-,20-/m0/s1. The van der Waals surface area contributed by atoms with Crippen LogP contribution in [-0.2, 0) is 14.8 Å². The smallest absolute Gasteiger partial charge is 0.336 e. The van der Waals surface area contributed by atoms with Gasteiger partial charge in [0.2, 0.25) is 15.9 Å². The largest absolute Gasteiger partial charge is 0.407 e. The lowest BCUT2D eigenvalue weighted by atomic mass is 9.96. The van der Waals surface area contributed by atoms with E-state index in [9.17, 15) is 36.0 Å². The molecule has 0 heterocycles. The Hall–Kier alpha value is -3.01. The van der Waals surface area contributed by atoms with Gasteiger partial charge in [-0.1, -0.05) is 36.4 Å². The van der Waals surface area contributed by atoms with Crippen LogP contribution in [0.1, 0.15) is 44.7 Å². The monoisotopic (exact) mass is 526 g/mol. The number of benzene rings is 2. The van der Waals surface area contributed by atoms with Crippen molar-refractivity contribution >= 4 is 15.9 Å². The SMILES string of the molecule is CC(C)(F)C[C@H](N[C@@H](c1ccc(-c2ccc(S(N)(=O)=O)cc2)cc1)C(F)(F)F)C(=O)NC1(C#N)CC1. The highest BCUT2D eigenvalue weighted by molar-refractivity contribution is 7.89. The number of nitrogens with one attached hydrogen (secondary N) is 2. The quantitative estimate of drug-likeness (QED) is 0.428. The Balaban J connectivity index is 1.86. The molecule has 0 unspecified atom stereocenters. The number of carbonyl (C=O) groups is 1. The second-order valence-corrected chi connectivity index (χ2v) is 11.1. The Kier molecular flexibility index (Phi) is 7.51. The van der Waals surface area contributed by atoms with Gasteiger partial charge < -0.3 is 5.32 Å². The van der Waals surface area contributed by atoms with Crippen LogP contribution in [0.25, 0.3) is 11.1 Å². The van der Waals surface area contributed by atoms with Gasteiger partial charge in [-0.3, -0.25) is 10.1 Å². The molecule has 0 aromatic heterocycles. The average molecular weight is 527 g/mol. The molecule has 1 saturated carbocycles. The van der Waals surface area contributed by atoms with Crippen LogP contribution in [0.15, 0.2) is 53.4 Å². The average Bonchev–Trinajstić information content (AvgIpc) is 3.54. The van der Waals surface area contributed by atoms with E-state index in [0.717, 1.165) is 13.8 Å². The van der Waals surface area contributed by atoms with E-state index >= 15 is 0 Å². The molecule has 0 aliphatic heterocycles. The Morgan fingerprint density at radius 2 is 1.56 bits per heavy atom. The first-order valence-electron chi connectivity index (χ1n) is 11.0. The zero-order chi connectivity index (χ0) is 26.9. The minimum atomic E-state index is -4.82. The van der Waals surface area contributed by atoms with Crippen LogP contribution in [0.5, 0.6) is 0 Å². The predicted molar refractivity (Wildman–Crippen MR) is 124 cm³/mol. The number of nitrogens with zero attached hydrogens (tertiary/aromatic N) is 1. The molecule has 1 aliphatic carbocycles. The van der Waals surface area contributed by atoms with Gasteiger partial charge in [-0.25, -0.2) is 17.9 Å². The van der Waals surface area contributed by atoms with E-state index < -0.39 is 51.8 Å². The first-order valence-corrected chi connectivity index (χ1v) is 12.6. The number of carbonyl (C=O) groups excluding carboxylic acids is 1. The second kappa shape index (κ2) is 9.80. The van der Waals surface area contributed by atoms with Crippen LogP contribution in [0, 0.1) is 11.3 Å². The number of hydrogen-bond donors (Lipinski definition) is 3. The van der Waals surface area contributed by atoms with Gasteiger partial charge in [0.25, 0.3) is 0 Å². The molecule has 1 aliphatic rings. The summed E-state index contributed by atoms with van der Waals surface area (Å²) < 4.78 is 79.4. The highest BCUT2D eigenvalue weighted by Crippen LogP contribution is 2.37. The highest BCUT2D eigenvalue weighted by atomic mass is 32.2. The second-order valence-electron chi connectivity index (χ2n) is 9.49. The Morgan fingerprint density at radius 3 is 1.94 bits per heavy atom. The molecule has 2 atom stereocenters. The number of halogens is 4. The topological polar surface area (TPSA) is 125 Å². The van der Waals surface area contributed by atoms with Crippen molar-refractivity contribution in [3.8, 4) is 17.2 Å². The molecule has 2 aromatic rings. The fraction of sp³-hybridized carbons (Fsp3) is 0.417.